The highest BCUT2D eigenvalue weighted by Crippen LogP contribution is 2.17. The van der Waals surface area contributed by atoms with Gasteiger partial charge in [0, 0.05) is 18.3 Å². The number of hydrogen-bond acceptors (Lipinski definition) is 2. The van der Waals surface area contributed by atoms with Gasteiger partial charge in [0.25, 0.3) is 0 Å². The van der Waals surface area contributed by atoms with Crippen molar-refractivity contribution in [3.8, 4) is 5.75 Å². The number of benzene rings is 2. The predicted octanol–water partition coefficient (Wildman–Crippen LogP) is 3.98. The standard InChI is InChI=1S/C18H21FN2O2/c1-2-11-23-17-8-4-7-16(13-17)21-18(22)20-10-9-14-5-3-6-15(19)12-14/h3-8,12-13H,2,9-11H2,1H3,(H2,20,21,22). The van der Waals surface area contributed by atoms with E-state index in [2.05, 4.69) is 10.6 Å². The number of urea groups is 1. The number of ether oxygens (including phenoxy) is 1. The Morgan fingerprint density at radius 1 is 1.17 bits per heavy atom. The Labute approximate surface area is 135 Å². The fourth-order valence-corrected chi connectivity index (χ4v) is 2.07. The molecule has 0 heterocycles. The first-order valence-corrected chi connectivity index (χ1v) is 7.69. The Bertz CT molecular complexity index is 646. The Kier molecular flexibility index (Phi) is 6.41. The number of halogens is 1. The van der Waals surface area contributed by atoms with Crippen molar-refractivity contribution in [3.05, 3.63) is 59.9 Å². The van der Waals surface area contributed by atoms with Crippen LogP contribution in [0.5, 0.6) is 5.75 Å². The first-order chi connectivity index (χ1) is 11.2. The van der Waals surface area contributed by atoms with Crippen LogP contribution < -0.4 is 15.4 Å². The summed E-state index contributed by atoms with van der Waals surface area (Å²) < 4.78 is 18.6. The molecule has 122 valence electrons. The summed E-state index contributed by atoms with van der Waals surface area (Å²) in [6, 6.07) is 13.3. The van der Waals surface area contributed by atoms with E-state index in [0.29, 0.717) is 25.3 Å². The van der Waals surface area contributed by atoms with Gasteiger partial charge in [-0.05, 0) is 42.7 Å². The van der Waals surface area contributed by atoms with Crippen LogP contribution in [0.2, 0.25) is 0 Å². The summed E-state index contributed by atoms with van der Waals surface area (Å²) in [5, 5.41) is 5.50. The summed E-state index contributed by atoms with van der Waals surface area (Å²) in [6.07, 6.45) is 1.50. The lowest BCUT2D eigenvalue weighted by Gasteiger charge is -2.10. The molecule has 0 aliphatic carbocycles. The number of rotatable bonds is 7. The number of anilines is 1. The second-order valence-electron chi connectivity index (χ2n) is 5.14. The molecule has 0 fully saturated rings. The number of amides is 2. The van der Waals surface area contributed by atoms with Crippen molar-refractivity contribution < 1.29 is 13.9 Å². The topological polar surface area (TPSA) is 50.4 Å². The van der Waals surface area contributed by atoms with E-state index < -0.39 is 0 Å². The summed E-state index contributed by atoms with van der Waals surface area (Å²) in [7, 11) is 0. The molecule has 2 amide bonds. The van der Waals surface area contributed by atoms with Crippen LogP contribution in [-0.2, 0) is 6.42 Å². The fourth-order valence-electron chi connectivity index (χ4n) is 2.07. The van der Waals surface area contributed by atoms with Gasteiger partial charge in [0.1, 0.15) is 11.6 Å². The lowest BCUT2D eigenvalue weighted by atomic mass is 10.1. The van der Waals surface area contributed by atoms with Crippen molar-refractivity contribution in [3.63, 3.8) is 0 Å². The second kappa shape index (κ2) is 8.78. The van der Waals surface area contributed by atoms with E-state index >= 15 is 0 Å². The summed E-state index contributed by atoms with van der Waals surface area (Å²) in [5.41, 5.74) is 1.52. The van der Waals surface area contributed by atoms with Gasteiger partial charge in [-0.2, -0.15) is 0 Å². The normalized spacial score (nSPS) is 10.2. The van der Waals surface area contributed by atoms with Crippen LogP contribution in [0.25, 0.3) is 0 Å². The second-order valence-corrected chi connectivity index (χ2v) is 5.14. The Morgan fingerprint density at radius 2 is 2.00 bits per heavy atom. The maximum atomic E-state index is 13.1. The minimum Gasteiger partial charge on any atom is -0.494 e. The fraction of sp³-hybridized carbons (Fsp3) is 0.278. The molecule has 2 aromatic carbocycles. The van der Waals surface area contributed by atoms with E-state index in [1.165, 1.54) is 12.1 Å². The zero-order valence-electron chi connectivity index (χ0n) is 13.1. The SMILES string of the molecule is CCCOc1cccc(NC(=O)NCCc2cccc(F)c2)c1. The van der Waals surface area contributed by atoms with Crippen LogP contribution in [0.3, 0.4) is 0 Å². The minimum atomic E-state index is -0.297. The molecule has 0 unspecified atom stereocenters. The Morgan fingerprint density at radius 3 is 2.78 bits per heavy atom. The molecule has 2 aromatic rings. The third-order valence-electron chi connectivity index (χ3n) is 3.15. The molecule has 2 rings (SSSR count). The van der Waals surface area contributed by atoms with Gasteiger partial charge in [-0.15, -0.1) is 0 Å². The number of nitrogens with one attached hydrogen (secondary N) is 2. The molecule has 23 heavy (non-hydrogen) atoms. The van der Waals surface area contributed by atoms with Crippen molar-refractivity contribution in [2.24, 2.45) is 0 Å². The molecule has 5 heteroatoms. The molecule has 0 saturated carbocycles. The van der Waals surface area contributed by atoms with Crippen molar-refractivity contribution in [2.45, 2.75) is 19.8 Å². The maximum absolute atomic E-state index is 13.1. The molecule has 0 aromatic heterocycles. The Hall–Kier alpha value is -2.56. The van der Waals surface area contributed by atoms with Gasteiger partial charge < -0.3 is 15.4 Å². The molecule has 0 aliphatic rings. The largest absolute Gasteiger partial charge is 0.494 e. The van der Waals surface area contributed by atoms with Crippen molar-refractivity contribution in [1.29, 1.82) is 0 Å². The van der Waals surface area contributed by atoms with Crippen molar-refractivity contribution in [2.75, 3.05) is 18.5 Å². The highest BCUT2D eigenvalue weighted by Gasteiger charge is 2.03. The highest BCUT2D eigenvalue weighted by molar-refractivity contribution is 5.89. The predicted molar refractivity (Wildman–Crippen MR) is 89.4 cm³/mol. The van der Waals surface area contributed by atoms with Gasteiger partial charge in [-0.3, -0.25) is 0 Å². The molecule has 4 nitrogen and oxygen atoms in total. The van der Waals surface area contributed by atoms with E-state index in [0.717, 1.165) is 17.7 Å². The molecule has 0 radical (unpaired) electrons. The zero-order valence-corrected chi connectivity index (χ0v) is 13.1. The summed E-state index contributed by atoms with van der Waals surface area (Å²) in [5.74, 6) is 0.459. The molecule has 2 N–H and O–H groups in total. The summed E-state index contributed by atoms with van der Waals surface area (Å²) >= 11 is 0. The van der Waals surface area contributed by atoms with Gasteiger partial charge in [-0.25, -0.2) is 9.18 Å². The van der Waals surface area contributed by atoms with E-state index in [1.807, 2.05) is 25.1 Å². The third-order valence-corrected chi connectivity index (χ3v) is 3.15. The zero-order chi connectivity index (χ0) is 16.5. The Balaban J connectivity index is 1.78. The molecule has 0 bridgehead atoms. The van der Waals surface area contributed by atoms with Gasteiger partial charge >= 0.3 is 6.03 Å². The number of carbonyl (C=O) groups excluding carboxylic acids is 1. The first-order valence-electron chi connectivity index (χ1n) is 7.69. The average Bonchev–Trinajstić information content (AvgIpc) is 2.53. The van der Waals surface area contributed by atoms with Gasteiger partial charge in [0.15, 0.2) is 0 Å². The van der Waals surface area contributed by atoms with E-state index in [-0.39, 0.29) is 11.8 Å². The van der Waals surface area contributed by atoms with E-state index in [1.54, 1.807) is 18.2 Å². The van der Waals surface area contributed by atoms with Crippen LogP contribution in [0.4, 0.5) is 14.9 Å². The van der Waals surface area contributed by atoms with Crippen LogP contribution in [0, 0.1) is 5.82 Å². The third kappa shape index (κ3) is 5.98. The smallest absolute Gasteiger partial charge is 0.319 e. The molecular weight excluding hydrogens is 295 g/mol. The van der Waals surface area contributed by atoms with Gasteiger partial charge in [-0.1, -0.05) is 25.1 Å². The van der Waals surface area contributed by atoms with E-state index in [4.69, 9.17) is 4.74 Å². The van der Waals surface area contributed by atoms with Crippen molar-refractivity contribution >= 4 is 11.7 Å². The highest BCUT2D eigenvalue weighted by atomic mass is 19.1. The minimum absolute atomic E-state index is 0.268. The molecule has 0 aliphatic heterocycles. The van der Waals surface area contributed by atoms with Crippen molar-refractivity contribution in [1.82, 2.24) is 5.32 Å². The molecule has 0 saturated heterocycles. The summed E-state index contributed by atoms with van der Waals surface area (Å²) in [6.45, 7) is 3.11. The average molecular weight is 316 g/mol. The lowest BCUT2D eigenvalue weighted by Crippen LogP contribution is -2.30. The van der Waals surface area contributed by atoms with E-state index in [9.17, 15) is 9.18 Å². The quantitative estimate of drug-likeness (QED) is 0.812. The number of hydrogen-bond donors (Lipinski definition) is 2. The van der Waals surface area contributed by atoms with Gasteiger partial charge in [0.05, 0.1) is 6.61 Å². The number of carbonyl (C=O) groups is 1. The maximum Gasteiger partial charge on any atom is 0.319 e. The summed E-state index contributed by atoms with van der Waals surface area (Å²) in [4.78, 5) is 11.9. The van der Waals surface area contributed by atoms with Crippen LogP contribution in [-0.4, -0.2) is 19.2 Å². The molecular formula is C18H21FN2O2. The monoisotopic (exact) mass is 316 g/mol. The molecule has 0 atom stereocenters. The molecule has 0 spiro atoms. The van der Waals surface area contributed by atoms with Crippen LogP contribution in [0.1, 0.15) is 18.9 Å². The first kappa shape index (κ1) is 16.8. The lowest BCUT2D eigenvalue weighted by molar-refractivity contribution is 0.252. The van der Waals surface area contributed by atoms with Crippen LogP contribution in [0.15, 0.2) is 48.5 Å². The van der Waals surface area contributed by atoms with Crippen LogP contribution >= 0.6 is 0 Å². The van der Waals surface area contributed by atoms with Gasteiger partial charge in [0.2, 0.25) is 0 Å².